The minimum atomic E-state index is -0.568. The molecule has 0 fully saturated rings. The summed E-state index contributed by atoms with van der Waals surface area (Å²) < 4.78 is 12.4. The molecule has 0 aliphatic heterocycles. The van der Waals surface area contributed by atoms with Crippen molar-refractivity contribution in [3.8, 4) is 17.0 Å². The molecule has 1 amide bonds. The number of aromatic nitrogens is 3. The Labute approximate surface area is 236 Å². The van der Waals surface area contributed by atoms with Crippen LogP contribution in [0.25, 0.3) is 32.9 Å². The van der Waals surface area contributed by atoms with Crippen LogP contribution in [0.2, 0.25) is 0 Å². The predicted molar refractivity (Wildman–Crippen MR) is 159 cm³/mol. The fourth-order valence-electron chi connectivity index (χ4n) is 3.85. The van der Waals surface area contributed by atoms with Crippen LogP contribution in [0.5, 0.6) is 5.75 Å². The number of alkyl carbamates (subject to hydrolysis) is 1. The lowest BCUT2D eigenvalue weighted by molar-refractivity contribution is 0.0486. The molecule has 0 aliphatic carbocycles. The van der Waals surface area contributed by atoms with Gasteiger partial charge in [-0.15, -0.1) is 0 Å². The van der Waals surface area contributed by atoms with Gasteiger partial charge in [0.05, 0.1) is 29.8 Å². The fraction of sp³-hybridized carbons (Fsp3) is 0.345. The molecule has 0 aliphatic rings. The van der Waals surface area contributed by atoms with Gasteiger partial charge in [0.1, 0.15) is 18.0 Å². The van der Waals surface area contributed by atoms with Crippen LogP contribution in [0.15, 0.2) is 58.4 Å². The number of hydrogen-bond acceptors (Lipinski definition) is 7. The minimum absolute atomic E-state index is 0.216. The van der Waals surface area contributed by atoms with Crippen molar-refractivity contribution in [2.24, 2.45) is 4.99 Å². The molecule has 204 valence electrons. The first kappa shape index (κ1) is 28.2. The largest absolute Gasteiger partial charge is 0.490 e. The van der Waals surface area contributed by atoms with E-state index in [9.17, 15) is 4.79 Å². The van der Waals surface area contributed by atoms with E-state index in [1.807, 2.05) is 83.2 Å². The summed E-state index contributed by atoms with van der Waals surface area (Å²) in [7, 11) is 3.82. The van der Waals surface area contributed by atoms with Crippen LogP contribution in [0, 0.1) is 0 Å². The highest BCUT2D eigenvalue weighted by molar-refractivity contribution is 9.10. The van der Waals surface area contributed by atoms with Gasteiger partial charge in [0.2, 0.25) is 0 Å². The maximum Gasteiger partial charge on any atom is 0.407 e. The van der Waals surface area contributed by atoms with Crippen molar-refractivity contribution >= 4 is 55.9 Å². The molecule has 0 unspecified atom stereocenters. The number of ether oxygens (including phenoxy) is 2. The van der Waals surface area contributed by atoms with Gasteiger partial charge in [-0.2, -0.15) is 0 Å². The molecule has 39 heavy (non-hydrogen) atoms. The Hall–Kier alpha value is -3.79. The second-order valence-electron chi connectivity index (χ2n) is 10.4. The van der Waals surface area contributed by atoms with Gasteiger partial charge in [0, 0.05) is 47.3 Å². The van der Waals surface area contributed by atoms with Crippen LogP contribution in [-0.4, -0.2) is 64.6 Å². The Morgan fingerprint density at radius 3 is 2.64 bits per heavy atom. The maximum atomic E-state index is 12.2. The predicted octanol–water partition coefficient (Wildman–Crippen LogP) is 6.51. The molecule has 4 rings (SSSR count). The number of halogens is 1. The standard InChI is InChI=1S/C29H33BrN6O3/c1-7-20(34-28(37)39-29(2,3)4)16-38-21-10-18(13-31-14-21)26-12-22-23-11-19(30)8-9-25(23)32-15-24(22)27(35-26)33-17-36(5)6/h8-15,17,20H,7,16H2,1-6H3,(H,34,37)/b33-17+/t20-/m1/s1. The summed E-state index contributed by atoms with van der Waals surface area (Å²) in [5, 5.41) is 5.69. The van der Waals surface area contributed by atoms with E-state index < -0.39 is 11.7 Å². The zero-order valence-corrected chi connectivity index (χ0v) is 24.6. The highest BCUT2D eigenvalue weighted by atomic mass is 79.9. The third-order valence-corrected chi connectivity index (χ3v) is 6.20. The summed E-state index contributed by atoms with van der Waals surface area (Å²) in [6.07, 6.45) is 7.14. The number of carbonyl (C=O) groups is 1. The highest BCUT2D eigenvalue weighted by Crippen LogP contribution is 2.34. The molecule has 0 bridgehead atoms. The Balaban J connectivity index is 1.66. The lowest BCUT2D eigenvalue weighted by Crippen LogP contribution is -2.41. The third-order valence-electron chi connectivity index (χ3n) is 5.70. The normalized spacial score (nSPS) is 12.6. The number of pyridine rings is 3. The first-order chi connectivity index (χ1) is 18.5. The lowest BCUT2D eigenvalue weighted by atomic mass is 10.0. The van der Waals surface area contributed by atoms with Crippen molar-refractivity contribution in [1.29, 1.82) is 0 Å². The van der Waals surface area contributed by atoms with E-state index in [-0.39, 0.29) is 12.6 Å². The van der Waals surface area contributed by atoms with E-state index >= 15 is 0 Å². The minimum Gasteiger partial charge on any atom is -0.490 e. The van der Waals surface area contributed by atoms with Crippen LogP contribution in [0.1, 0.15) is 34.1 Å². The molecule has 3 heterocycles. The number of benzene rings is 1. The number of amides is 1. The van der Waals surface area contributed by atoms with Gasteiger partial charge in [-0.1, -0.05) is 22.9 Å². The fourth-order valence-corrected chi connectivity index (χ4v) is 4.21. The summed E-state index contributed by atoms with van der Waals surface area (Å²) in [4.78, 5) is 32.6. The quantitative estimate of drug-likeness (QED) is 0.141. The zero-order valence-electron chi connectivity index (χ0n) is 23.0. The van der Waals surface area contributed by atoms with Crippen molar-refractivity contribution in [3.63, 3.8) is 0 Å². The molecular formula is C29H33BrN6O3. The first-order valence-electron chi connectivity index (χ1n) is 12.7. The molecule has 1 aromatic carbocycles. The summed E-state index contributed by atoms with van der Waals surface area (Å²) in [5.41, 5.74) is 1.80. The van der Waals surface area contributed by atoms with Crippen molar-refractivity contribution in [2.75, 3.05) is 20.7 Å². The summed E-state index contributed by atoms with van der Waals surface area (Å²) in [5.74, 6) is 1.13. The van der Waals surface area contributed by atoms with E-state index in [0.717, 1.165) is 31.7 Å². The van der Waals surface area contributed by atoms with Gasteiger partial charge in [-0.25, -0.2) is 14.8 Å². The zero-order chi connectivity index (χ0) is 28.2. The Morgan fingerprint density at radius 1 is 1.13 bits per heavy atom. The molecular weight excluding hydrogens is 560 g/mol. The molecule has 1 atom stereocenters. The van der Waals surface area contributed by atoms with Gasteiger partial charge < -0.3 is 19.7 Å². The van der Waals surface area contributed by atoms with Crippen LogP contribution < -0.4 is 10.1 Å². The summed E-state index contributed by atoms with van der Waals surface area (Å²) in [6.45, 7) is 7.74. The first-order valence-corrected chi connectivity index (χ1v) is 13.5. The molecule has 0 saturated carbocycles. The monoisotopic (exact) mass is 592 g/mol. The number of aliphatic imine (C=N–C) groups is 1. The molecule has 0 spiro atoms. The smallest absolute Gasteiger partial charge is 0.407 e. The SMILES string of the molecule is CC[C@H](COc1cncc(-c2cc3c(cnc4ccc(Br)cc43)c(/N=C/N(C)C)n2)c1)NC(=O)OC(C)(C)C. The van der Waals surface area contributed by atoms with Gasteiger partial charge in [-0.05, 0) is 62.9 Å². The van der Waals surface area contributed by atoms with Gasteiger partial charge in [0.15, 0.2) is 5.82 Å². The van der Waals surface area contributed by atoms with Gasteiger partial charge in [0.25, 0.3) is 0 Å². The van der Waals surface area contributed by atoms with Crippen LogP contribution in [0.3, 0.4) is 0 Å². The summed E-state index contributed by atoms with van der Waals surface area (Å²) in [6, 6.07) is 9.70. The van der Waals surface area contributed by atoms with E-state index in [2.05, 4.69) is 36.2 Å². The molecule has 0 saturated heterocycles. The van der Waals surface area contributed by atoms with E-state index in [0.29, 0.717) is 23.7 Å². The average molecular weight is 594 g/mol. The van der Waals surface area contributed by atoms with Crippen molar-refractivity contribution in [2.45, 2.75) is 45.8 Å². The second kappa shape index (κ2) is 11.9. The van der Waals surface area contributed by atoms with Crippen molar-refractivity contribution in [1.82, 2.24) is 25.2 Å². The Kier molecular flexibility index (Phi) is 8.64. The number of nitrogens with zero attached hydrogens (tertiary/aromatic N) is 5. The molecule has 10 heteroatoms. The highest BCUT2D eigenvalue weighted by Gasteiger charge is 2.19. The van der Waals surface area contributed by atoms with E-state index in [1.54, 1.807) is 18.7 Å². The van der Waals surface area contributed by atoms with Crippen LogP contribution >= 0.6 is 15.9 Å². The van der Waals surface area contributed by atoms with Gasteiger partial charge in [-0.3, -0.25) is 9.97 Å². The number of nitrogens with one attached hydrogen (secondary N) is 1. The average Bonchev–Trinajstić information content (AvgIpc) is 2.88. The maximum absolute atomic E-state index is 12.2. The van der Waals surface area contributed by atoms with E-state index in [4.69, 9.17) is 14.5 Å². The second-order valence-corrected chi connectivity index (χ2v) is 11.3. The Morgan fingerprint density at radius 2 is 1.92 bits per heavy atom. The number of hydrogen-bond donors (Lipinski definition) is 1. The number of rotatable bonds is 8. The number of carbonyl (C=O) groups excluding carboxylic acids is 1. The van der Waals surface area contributed by atoms with Crippen LogP contribution in [-0.2, 0) is 4.74 Å². The number of fused-ring (bicyclic) bond motifs is 3. The van der Waals surface area contributed by atoms with Gasteiger partial charge >= 0.3 is 6.09 Å². The molecule has 3 aromatic heterocycles. The molecule has 0 radical (unpaired) electrons. The molecule has 9 nitrogen and oxygen atoms in total. The van der Waals surface area contributed by atoms with Crippen molar-refractivity contribution < 1.29 is 14.3 Å². The third kappa shape index (κ3) is 7.41. The van der Waals surface area contributed by atoms with Crippen LogP contribution in [0.4, 0.5) is 10.6 Å². The van der Waals surface area contributed by atoms with Crippen molar-refractivity contribution in [3.05, 3.63) is 53.4 Å². The topological polar surface area (TPSA) is 102 Å². The summed E-state index contributed by atoms with van der Waals surface area (Å²) >= 11 is 3.58. The van der Waals surface area contributed by atoms with E-state index in [1.165, 1.54) is 0 Å². The Bertz CT molecular complexity index is 1520. The lowest BCUT2D eigenvalue weighted by Gasteiger charge is -2.23. The molecule has 4 aromatic rings. The molecule has 1 N–H and O–H groups in total.